The first-order valence-electron chi connectivity index (χ1n) is 10.7. The summed E-state index contributed by atoms with van der Waals surface area (Å²) in [6.45, 7) is 7.48. The summed E-state index contributed by atoms with van der Waals surface area (Å²) in [5, 5.41) is 16.6. The van der Waals surface area contributed by atoms with Gasteiger partial charge in [-0.3, -0.25) is 0 Å². The normalized spacial score (nSPS) is 17.4. The van der Waals surface area contributed by atoms with Crippen LogP contribution in [-0.4, -0.2) is 30.3 Å². The molecule has 0 radical (unpaired) electrons. The number of hydrogen-bond donors (Lipinski definition) is 3. The molecule has 0 bridgehead atoms. The van der Waals surface area contributed by atoms with Gasteiger partial charge in [-0.2, -0.15) is 13.2 Å². The third-order valence-corrected chi connectivity index (χ3v) is 5.31. The van der Waals surface area contributed by atoms with Gasteiger partial charge in [0.2, 0.25) is 0 Å². The van der Waals surface area contributed by atoms with Crippen LogP contribution in [0.4, 0.5) is 18.9 Å². The Labute approximate surface area is 186 Å². The molecule has 32 heavy (non-hydrogen) atoms. The maximum absolute atomic E-state index is 13.0. The standard InChI is InChI=1S/C24H30F3N3O2/c1-23(2,3)17-9-10-21(31)20(13-17)30-22(29-15-19-8-5-11-32-19)28-14-16-6-4-7-18(12-16)24(25,26)27/h4,6-7,9-10,12-13,19,31H,5,8,11,14-15H2,1-3H3,(H2,28,29,30). The fraction of sp³-hybridized carbons (Fsp3) is 0.458. The molecule has 1 fully saturated rings. The monoisotopic (exact) mass is 449 g/mol. The predicted octanol–water partition coefficient (Wildman–Crippen LogP) is 5.45. The summed E-state index contributed by atoms with van der Waals surface area (Å²) in [5.41, 5.74) is 1.10. The summed E-state index contributed by atoms with van der Waals surface area (Å²) in [4.78, 5) is 4.47. The number of benzene rings is 2. The molecule has 1 unspecified atom stereocenters. The number of nitrogens with one attached hydrogen (secondary N) is 2. The Morgan fingerprint density at radius 1 is 1.12 bits per heavy atom. The SMILES string of the molecule is CC(C)(C)c1ccc(O)c(NC(=NCc2cccc(C(F)(F)F)c2)NCC2CCCO2)c1. The Kier molecular flexibility index (Phi) is 7.33. The van der Waals surface area contributed by atoms with Gasteiger partial charge in [-0.15, -0.1) is 0 Å². The number of rotatable bonds is 5. The second kappa shape index (κ2) is 9.81. The van der Waals surface area contributed by atoms with Crippen LogP contribution in [0.15, 0.2) is 47.5 Å². The minimum absolute atomic E-state index is 0.0461. The van der Waals surface area contributed by atoms with Crippen molar-refractivity contribution in [3.63, 3.8) is 0 Å². The van der Waals surface area contributed by atoms with Crippen molar-refractivity contribution in [2.24, 2.45) is 4.99 Å². The quantitative estimate of drug-likeness (QED) is 0.323. The lowest BCUT2D eigenvalue weighted by Gasteiger charge is -2.21. The van der Waals surface area contributed by atoms with Gasteiger partial charge in [0.15, 0.2) is 5.96 Å². The molecule has 0 amide bonds. The summed E-state index contributed by atoms with van der Waals surface area (Å²) in [6.07, 6.45) is -2.44. The summed E-state index contributed by atoms with van der Waals surface area (Å²) in [5.74, 6) is 0.419. The molecule has 3 N–H and O–H groups in total. The summed E-state index contributed by atoms with van der Waals surface area (Å²) < 4.78 is 44.7. The van der Waals surface area contributed by atoms with Gasteiger partial charge in [0.05, 0.1) is 23.9 Å². The van der Waals surface area contributed by atoms with Gasteiger partial charge in [0, 0.05) is 13.2 Å². The van der Waals surface area contributed by atoms with Crippen molar-refractivity contribution in [1.29, 1.82) is 0 Å². The van der Waals surface area contributed by atoms with Crippen LogP contribution >= 0.6 is 0 Å². The molecule has 1 saturated heterocycles. The molecule has 1 atom stereocenters. The number of ether oxygens (including phenoxy) is 1. The fourth-order valence-corrected chi connectivity index (χ4v) is 3.40. The number of phenolic OH excluding ortho intramolecular Hbond substituents is 1. The maximum atomic E-state index is 13.0. The molecule has 0 aromatic heterocycles. The van der Waals surface area contributed by atoms with E-state index in [1.165, 1.54) is 6.07 Å². The first kappa shape index (κ1) is 23.9. The molecule has 0 saturated carbocycles. The number of nitrogens with zero attached hydrogens (tertiary/aromatic N) is 1. The Morgan fingerprint density at radius 3 is 2.56 bits per heavy atom. The van der Waals surface area contributed by atoms with E-state index in [1.54, 1.807) is 12.1 Å². The molecule has 1 heterocycles. The van der Waals surface area contributed by atoms with Crippen LogP contribution in [0.5, 0.6) is 5.75 Å². The molecule has 8 heteroatoms. The van der Waals surface area contributed by atoms with E-state index in [2.05, 4.69) is 36.4 Å². The first-order valence-corrected chi connectivity index (χ1v) is 10.7. The number of aliphatic imine (C=N–C) groups is 1. The van der Waals surface area contributed by atoms with Gasteiger partial charge in [-0.25, -0.2) is 4.99 Å². The molecule has 2 aromatic carbocycles. The molecule has 2 aromatic rings. The van der Waals surface area contributed by atoms with Crippen LogP contribution in [0.1, 0.15) is 50.3 Å². The van der Waals surface area contributed by atoms with Crippen molar-refractivity contribution in [3.05, 3.63) is 59.2 Å². The van der Waals surface area contributed by atoms with E-state index >= 15 is 0 Å². The third-order valence-electron chi connectivity index (χ3n) is 5.31. The topological polar surface area (TPSA) is 65.9 Å². The number of alkyl halides is 3. The van der Waals surface area contributed by atoms with Crippen molar-refractivity contribution in [3.8, 4) is 5.75 Å². The minimum atomic E-state index is -4.40. The number of hydrogen-bond acceptors (Lipinski definition) is 3. The third kappa shape index (κ3) is 6.63. The van der Waals surface area contributed by atoms with Crippen molar-refractivity contribution in [1.82, 2.24) is 5.32 Å². The molecule has 3 rings (SSSR count). The highest BCUT2D eigenvalue weighted by Gasteiger charge is 2.30. The molecule has 0 spiro atoms. The van der Waals surface area contributed by atoms with Crippen LogP contribution in [0.2, 0.25) is 0 Å². The highest BCUT2D eigenvalue weighted by Crippen LogP contribution is 2.31. The Bertz CT molecular complexity index is 946. The molecule has 1 aliphatic heterocycles. The van der Waals surface area contributed by atoms with Crippen molar-refractivity contribution >= 4 is 11.6 Å². The average Bonchev–Trinajstić information content (AvgIpc) is 3.24. The number of phenols is 1. The Balaban J connectivity index is 1.82. The first-order chi connectivity index (χ1) is 15.0. The number of halogens is 3. The zero-order chi connectivity index (χ0) is 23.4. The van der Waals surface area contributed by atoms with Crippen LogP contribution in [-0.2, 0) is 22.9 Å². The largest absolute Gasteiger partial charge is 0.506 e. The van der Waals surface area contributed by atoms with Gasteiger partial charge in [-0.05, 0) is 53.6 Å². The van der Waals surface area contributed by atoms with Crippen LogP contribution in [0.3, 0.4) is 0 Å². The summed E-state index contributed by atoms with van der Waals surface area (Å²) >= 11 is 0. The van der Waals surface area contributed by atoms with Crippen LogP contribution in [0, 0.1) is 0 Å². The Hall–Kier alpha value is -2.74. The zero-order valence-corrected chi connectivity index (χ0v) is 18.6. The summed E-state index contributed by atoms with van der Waals surface area (Å²) in [7, 11) is 0. The van der Waals surface area contributed by atoms with Gasteiger partial charge < -0.3 is 20.5 Å². The van der Waals surface area contributed by atoms with Gasteiger partial charge in [0.25, 0.3) is 0 Å². The lowest BCUT2D eigenvalue weighted by atomic mass is 9.87. The average molecular weight is 450 g/mol. The summed E-state index contributed by atoms with van der Waals surface area (Å²) in [6, 6.07) is 10.4. The van der Waals surface area contributed by atoms with E-state index < -0.39 is 11.7 Å². The highest BCUT2D eigenvalue weighted by molar-refractivity contribution is 5.95. The van der Waals surface area contributed by atoms with E-state index in [9.17, 15) is 18.3 Å². The van der Waals surface area contributed by atoms with E-state index in [0.29, 0.717) is 30.4 Å². The van der Waals surface area contributed by atoms with E-state index in [0.717, 1.165) is 30.5 Å². The Morgan fingerprint density at radius 2 is 1.91 bits per heavy atom. The number of aromatic hydroxyl groups is 1. The van der Waals surface area contributed by atoms with Gasteiger partial charge in [-0.1, -0.05) is 39.0 Å². The second-order valence-electron chi connectivity index (χ2n) is 8.99. The highest BCUT2D eigenvalue weighted by atomic mass is 19.4. The zero-order valence-electron chi connectivity index (χ0n) is 18.6. The molecular weight excluding hydrogens is 419 g/mol. The molecule has 1 aliphatic rings. The lowest BCUT2D eigenvalue weighted by Crippen LogP contribution is -2.36. The van der Waals surface area contributed by atoms with Crippen molar-refractivity contribution in [2.75, 3.05) is 18.5 Å². The molecule has 0 aliphatic carbocycles. The fourth-order valence-electron chi connectivity index (χ4n) is 3.40. The maximum Gasteiger partial charge on any atom is 0.416 e. The predicted molar refractivity (Wildman–Crippen MR) is 120 cm³/mol. The van der Waals surface area contributed by atoms with Crippen molar-refractivity contribution in [2.45, 2.75) is 57.9 Å². The molecule has 5 nitrogen and oxygen atoms in total. The number of anilines is 1. The number of guanidine groups is 1. The van der Waals surface area contributed by atoms with Gasteiger partial charge in [0.1, 0.15) is 5.75 Å². The molecule has 174 valence electrons. The van der Waals surface area contributed by atoms with Crippen LogP contribution in [0.25, 0.3) is 0 Å². The van der Waals surface area contributed by atoms with Crippen LogP contribution < -0.4 is 10.6 Å². The van der Waals surface area contributed by atoms with Gasteiger partial charge >= 0.3 is 6.18 Å². The van der Waals surface area contributed by atoms with E-state index in [-0.39, 0.29) is 23.8 Å². The van der Waals surface area contributed by atoms with Crippen molar-refractivity contribution < 1.29 is 23.0 Å². The smallest absolute Gasteiger partial charge is 0.416 e. The second-order valence-corrected chi connectivity index (χ2v) is 8.99. The lowest BCUT2D eigenvalue weighted by molar-refractivity contribution is -0.137. The minimum Gasteiger partial charge on any atom is -0.506 e. The van der Waals surface area contributed by atoms with E-state index in [4.69, 9.17) is 4.74 Å². The molecular formula is C24H30F3N3O2. The van der Waals surface area contributed by atoms with E-state index in [1.807, 2.05) is 12.1 Å².